The normalized spacial score (nSPS) is 41.0. The number of hydrogen-bond donors (Lipinski definition) is 0. The first-order valence-corrected chi connectivity index (χ1v) is 7.04. The minimum Gasteiger partial charge on any atom is -0.469 e. The van der Waals surface area contributed by atoms with Crippen LogP contribution in [0, 0.1) is 35.5 Å². The van der Waals surface area contributed by atoms with Crippen molar-refractivity contribution in [1.29, 1.82) is 0 Å². The average molecular weight is 276 g/mol. The Morgan fingerprint density at radius 2 is 1.20 bits per heavy atom. The zero-order valence-electron chi connectivity index (χ0n) is 12.3. The van der Waals surface area contributed by atoms with Gasteiger partial charge in [0.1, 0.15) is 0 Å². The fourth-order valence-electron chi connectivity index (χ4n) is 4.57. The van der Waals surface area contributed by atoms with Crippen molar-refractivity contribution in [2.24, 2.45) is 35.5 Å². The SMILES string of the molecule is COC(=O)[C@@H]1[C@H]2C=C[C@@H]([C@@H]1C(=O)OC)[C@@H]1C(C)=C(C)[C@@H]21. The molecule has 0 aromatic rings. The molecule has 4 heteroatoms. The van der Waals surface area contributed by atoms with Crippen molar-refractivity contribution in [3.8, 4) is 0 Å². The van der Waals surface area contributed by atoms with Gasteiger partial charge in [-0.15, -0.1) is 0 Å². The Kier molecular flexibility index (Phi) is 3.00. The summed E-state index contributed by atoms with van der Waals surface area (Å²) in [5.74, 6) is -0.523. The molecule has 0 amide bonds. The van der Waals surface area contributed by atoms with Gasteiger partial charge in [0, 0.05) is 0 Å². The van der Waals surface area contributed by atoms with Crippen molar-refractivity contribution in [3.05, 3.63) is 23.3 Å². The Morgan fingerprint density at radius 3 is 1.50 bits per heavy atom. The van der Waals surface area contributed by atoms with Gasteiger partial charge in [-0.3, -0.25) is 9.59 Å². The number of methoxy groups -OCH3 is 2. The van der Waals surface area contributed by atoms with Crippen LogP contribution in [0.4, 0.5) is 0 Å². The van der Waals surface area contributed by atoms with Crippen molar-refractivity contribution in [1.82, 2.24) is 0 Å². The Balaban J connectivity index is 2.04. The van der Waals surface area contributed by atoms with E-state index in [1.807, 2.05) is 0 Å². The maximum Gasteiger partial charge on any atom is 0.310 e. The van der Waals surface area contributed by atoms with Crippen LogP contribution in [0.25, 0.3) is 0 Å². The summed E-state index contributed by atoms with van der Waals surface area (Å²) in [6.07, 6.45) is 4.20. The van der Waals surface area contributed by atoms with E-state index in [9.17, 15) is 9.59 Å². The van der Waals surface area contributed by atoms with Gasteiger partial charge in [0.25, 0.3) is 0 Å². The number of carbonyl (C=O) groups excluding carboxylic acids is 2. The quantitative estimate of drug-likeness (QED) is 0.571. The highest BCUT2D eigenvalue weighted by molar-refractivity contribution is 5.84. The smallest absolute Gasteiger partial charge is 0.310 e. The topological polar surface area (TPSA) is 52.6 Å². The molecule has 0 saturated heterocycles. The highest BCUT2D eigenvalue weighted by Gasteiger charge is 2.61. The molecule has 4 nitrogen and oxygen atoms in total. The zero-order valence-corrected chi connectivity index (χ0v) is 12.3. The highest BCUT2D eigenvalue weighted by atomic mass is 16.5. The largest absolute Gasteiger partial charge is 0.469 e. The molecule has 0 aromatic carbocycles. The first-order valence-electron chi connectivity index (χ1n) is 7.04. The summed E-state index contributed by atoms with van der Waals surface area (Å²) in [5.41, 5.74) is 2.73. The van der Waals surface area contributed by atoms with Crippen molar-refractivity contribution in [2.45, 2.75) is 13.8 Å². The second-order valence-corrected chi connectivity index (χ2v) is 6.06. The van der Waals surface area contributed by atoms with Crippen LogP contribution in [0.15, 0.2) is 23.3 Å². The molecule has 0 spiro atoms. The van der Waals surface area contributed by atoms with E-state index in [2.05, 4.69) is 26.0 Å². The molecule has 4 aliphatic carbocycles. The molecular weight excluding hydrogens is 256 g/mol. The zero-order chi connectivity index (χ0) is 14.6. The lowest BCUT2D eigenvalue weighted by molar-refractivity contribution is -0.168. The lowest BCUT2D eigenvalue weighted by Gasteiger charge is -2.57. The highest BCUT2D eigenvalue weighted by Crippen LogP contribution is 2.61. The fraction of sp³-hybridized carbons (Fsp3) is 0.625. The molecule has 1 fully saturated rings. The van der Waals surface area contributed by atoms with E-state index in [1.54, 1.807) is 0 Å². The molecule has 108 valence electrons. The van der Waals surface area contributed by atoms with Crippen molar-refractivity contribution in [3.63, 3.8) is 0 Å². The summed E-state index contributed by atoms with van der Waals surface area (Å²) in [5, 5.41) is 0. The third-order valence-corrected chi connectivity index (χ3v) is 5.56. The van der Waals surface area contributed by atoms with Gasteiger partial charge in [0.05, 0.1) is 26.1 Å². The molecule has 1 saturated carbocycles. The van der Waals surface area contributed by atoms with E-state index in [-0.39, 0.29) is 23.8 Å². The van der Waals surface area contributed by atoms with Gasteiger partial charge in [-0.1, -0.05) is 23.3 Å². The van der Waals surface area contributed by atoms with Gasteiger partial charge < -0.3 is 9.47 Å². The van der Waals surface area contributed by atoms with E-state index >= 15 is 0 Å². The molecular formula is C16H20O4. The van der Waals surface area contributed by atoms with Crippen LogP contribution < -0.4 is 0 Å². The van der Waals surface area contributed by atoms with Gasteiger partial charge >= 0.3 is 11.9 Å². The van der Waals surface area contributed by atoms with Gasteiger partial charge in [-0.05, 0) is 37.5 Å². The first-order chi connectivity index (χ1) is 9.52. The predicted molar refractivity (Wildman–Crippen MR) is 72.5 cm³/mol. The number of rotatable bonds is 2. The van der Waals surface area contributed by atoms with Gasteiger partial charge in [0.15, 0.2) is 0 Å². The van der Waals surface area contributed by atoms with E-state index in [4.69, 9.17) is 9.47 Å². The summed E-state index contributed by atoms with van der Waals surface area (Å²) >= 11 is 0. The van der Waals surface area contributed by atoms with Crippen LogP contribution in [0.5, 0.6) is 0 Å². The van der Waals surface area contributed by atoms with Crippen LogP contribution in [-0.2, 0) is 19.1 Å². The number of fused-ring (bicyclic) bond motifs is 1. The van der Waals surface area contributed by atoms with Crippen LogP contribution in [-0.4, -0.2) is 26.2 Å². The van der Waals surface area contributed by atoms with Crippen molar-refractivity contribution in [2.75, 3.05) is 14.2 Å². The molecule has 4 aliphatic rings. The van der Waals surface area contributed by atoms with Crippen molar-refractivity contribution >= 4 is 11.9 Å². The average Bonchev–Trinajstić information content (AvgIpc) is 2.50. The molecule has 6 atom stereocenters. The molecule has 0 unspecified atom stereocenters. The van der Waals surface area contributed by atoms with E-state index in [0.29, 0.717) is 11.8 Å². The van der Waals surface area contributed by atoms with Gasteiger partial charge in [-0.2, -0.15) is 0 Å². The molecule has 0 radical (unpaired) electrons. The monoisotopic (exact) mass is 276 g/mol. The van der Waals surface area contributed by atoms with Crippen molar-refractivity contribution < 1.29 is 19.1 Å². The second kappa shape index (κ2) is 4.47. The van der Waals surface area contributed by atoms with Crippen LogP contribution in [0.2, 0.25) is 0 Å². The number of allylic oxidation sites excluding steroid dienone is 4. The molecule has 0 heterocycles. The Morgan fingerprint density at radius 1 is 0.850 bits per heavy atom. The van der Waals surface area contributed by atoms with Crippen LogP contribution in [0.3, 0.4) is 0 Å². The molecule has 0 aliphatic heterocycles. The minimum absolute atomic E-state index is 0.0604. The van der Waals surface area contributed by atoms with Crippen LogP contribution in [0.1, 0.15) is 13.8 Å². The summed E-state index contributed by atoms with van der Waals surface area (Å²) in [6.45, 7) is 4.26. The second-order valence-electron chi connectivity index (χ2n) is 6.06. The fourth-order valence-corrected chi connectivity index (χ4v) is 4.57. The van der Waals surface area contributed by atoms with E-state index < -0.39 is 11.8 Å². The number of carbonyl (C=O) groups is 2. The summed E-state index contributed by atoms with van der Waals surface area (Å²) < 4.78 is 9.88. The first kappa shape index (κ1) is 13.4. The summed E-state index contributed by atoms with van der Waals surface area (Å²) in [4.78, 5) is 24.3. The number of ether oxygens (including phenoxy) is 2. The predicted octanol–water partition coefficient (Wildman–Crippen LogP) is 1.96. The van der Waals surface area contributed by atoms with Crippen LogP contribution >= 0.6 is 0 Å². The summed E-state index contributed by atoms with van der Waals surface area (Å²) in [6, 6.07) is 0. The molecule has 0 aromatic heterocycles. The third-order valence-electron chi connectivity index (χ3n) is 5.56. The summed E-state index contributed by atoms with van der Waals surface area (Å²) in [7, 11) is 2.77. The number of hydrogen-bond acceptors (Lipinski definition) is 4. The van der Waals surface area contributed by atoms with Gasteiger partial charge in [0.2, 0.25) is 0 Å². The Labute approximate surface area is 118 Å². The van der Waals surface area contributed by atoms with E-state index in [1.165, 1.54) is 25.4 Å². The standard InChI is InChI=1S/C16H20O4/c1-7-8(2)12-10-6-5-9(11(7)12)13(15(17)19-3)14(10)16(18)20-4/h5-6,9-14H,1-4H3/t9-,10+,11-,12-,13+,14-/m0/s1. The minimum atomic E-state index is -0.410. The molecule has 2 bridgehead atoms. The lowest BCUT2D eigenvalue weighted by Crippen LogP contribution is -2.57. The maximum atomic E-state index is 12.2. The molecule has 20 heavy (non-hydrogen) atoms. The molecule has 4 rings (SSSR count). The maximum absolute atomic E-state index is 12.2. The van der Waals surface area contributed by atoms with Gasteiger partial charge in [-0.25, -0.2) is 0 Å². The Bertz CT molecular complexity index is 485. The molecule has 0 N–H and O–H groups in total. The number of esters is 2. The van der Waals surface area contributed by atoms with E-state index in [0.717, 1.165) is 0 Å². The lowest BCUT2D eigenvalue weighted by atomic mass is 9.45. The Hall–Kier alpha value is -1.58. The third kappa shape index (κ3) is 1.48.